The van der Waals surface area contributed by atoms with Crippen molar-refractivity contribution in [2.24, 2.45) is 0 Å². The maximum absolute atomic E-state index is 14.1. The van der Waals surface area contributed by atoms with Gasteiger partial charge in [0, 0.05) is 11.3 Å². The van der Waals surface area contributed by atoms with Gasteiger partial charge >= 0.3 is 0 Å². The van der Waals surface area contributed by atoms with Crippen molar-refractivity contribution in [1.82, 2.24) is 0 Å². The number of nitrogen functional groups attached to an aromatic ring is 1. The summed E-state index contributed by atoms with van der Waals surface area (Å²) in [6.07, 6.45) is 0. The van der Waals surface area contributed by atoms with Crippen molar-refractivity contribution in [3.8, 4) is 11.1 Å². The summed E-state index contributed by atoms with van der Waals surface area (Å²) in [5.74, 6) is -0.258. The fourth-order valence-electron chi connectivity index (χ4n) is 2.35. The Bertz CT molecular complexity index is 589. The molecule has 0 saturated carbocycles. The minimum atomic E-state index is -0.258. The lowest BCUT2D eigenvalue weighted by atomic mass is 9.89. The Morgan fingerprint density at radius 1 is 0.889 bits per heavy atom. The normalized spacial score (nSPS) is 10.7. The molecule has 1 nitrogen and oxygen atoms in total. The number of aryl methyl sites for hydroxylation is 2. The largest absolute Gasteiger partial charge is 0.399 e. The predicted molar refractivity (Wildman–Crippen MR) is 75.2 cm³/mol. The molecular weight excluding hydrogens is 225 g/mol. The van der Waals surface area contributed by atoms with E-state index in [4.69, 9.17) is 5.73 Å². The highest BCUT2D eigenvalue weighted by Crippen LogP contribution is 2.33. The van der Waals surface area contributed by atoms with Crippen molar-refractivity contribution in [3.05, 3.63) is 52.3 Å². The second-order valence-corrected chi connectivity index (χ2v) is 4.87. The van der Waals surface area contributed by atoms with Gasteiger partial charge in [0.15, 0.2) is 0 Å². The maximum atomic E-state index is 14.1. The van der Waals surface area contributed by atoms with E-state index >= 15 is 0 Å². The molecule has 0 saturated heterocycles. The fourth-order valence-corrected chi connectivity index (χ4v) is 2.35. The van der Waals surface area contributed by atoms with Crippen LogP contribution in [-0.4, -0.2) is 0 Å². The van der Waals surface area contributed by atoms with Gasteiger partial charge in [0.05, 0.1) is 0 Å². The van der Waals surface area contributed by atoms with Crippen LogP contribution < -0.4 is 5.73 Å². The van der Waals surface area contributed by atoms with Crippen molar-refractivity contribution < 1.29 is 4.39 Å². The molecule has 2 N–H and O–H groups in total. The minimum Gasteiger partial charge on any atom is -0.399 e. The molecule has 0 atom stereocenters. The van der Waals surface area contributed by atoms with Crippen LogP contribution in [0.1, 0.15) is 22.3 Å². The van der Waals surface area contributed by atoms with Crippen LogP contribution >= 0.6 is 0 Å². The molecule has 2 rings (SSSR count). The van der Waals surface area contributed by atoms with Crippen LogP contribution in [0.5, 0.6) is 0 Å². The fraction of sp³-hybridized carbons (Fsp3) is 0.250. The number of rotatable bonds is 1. The molecule has 0 unspecified atom stereocenters. The van der Waals surface area contributed by atoms with E-state index in [1.54, 1.807) is 12.1 Å². The molecule has 18 heavy (non-hydrogen) atoms. The zero-order chi connectivity index (χ0) is 13.4. The number of halogens is 1. The van der Waals surface area contributed by atoms with Crippen LogP contribution in [0.15, 0.2) is 24.3 Å². The van der Waals surface area contributed by atoms with E-state index in [2.05, 4.69) is 19.9 Å². The van der Waals surface area contributed by atoms with Gasteiger partial charge in [0.2, 0.25) is 0 Å². The number of anilines is 1. The van der Waals surface area contributed by atoms with Gasteiger partial charge in [0.1, 0.15) is 5.82 Å². The zero-order valence-electron chi connectivity index (χ0n) is 11.3. The Morgan fingerprint density at radius 2 is 1.44 bits per heavy atom. The van der Waals surface area contributed by atoms with Crippen LogP contribution in [-0.2, 0) is 0 Å². The van der Waals surface area contributed by atoms with E-state index in [1.165, 1.54) is 17.2 Å². The van der Waals surface area contributed by atoms with Gasteiger partial charge in [-0.25, -0.2) is 4.39 Å². The van der Waals surface area contributed by atoms with Crippen molar-refractivity contribution in [2.75, 3.05) is 5.73 Å². The number of nitrogens with two attached hydrogens (primary N) is 1. The Morgan fingerprint density at radius 3 is 1.94 bits per heavy atom. The van der Waals surface area contributed by atoms with E-state index in [9.17, 15) is 4.39 Å². The van der Waals surface area contributed by atoms with Crippen LogP contribution in [0.25, 0.3) is 11.1 Å². The topological polar surface area (TPSA) is 26.0 Å². The highest BCUT2D eigenvalue weighted by molar-refractivity contribution is 5.75. The van der Waals surface area contributed by atoms with Gasteiger partial charge < -0.3 is 5.73 Å². The zero-order valence-corrected chi connectivity index (χ0v) is 11.3. The first-order valence-corrected chi connectivity index (χ1v) is 6.04. The Balaban J connectivity index is 2.78. The van der Waals surface area contributed by atoms with Crippen LogP contribution in [0.4, 0.5) is 10.1 Å². The van der Waals surface area contributed by atoms with E-state index in [1.807, 2.05) is 13.8 Å². The molecule has 0 radical (unpaired) electrons. The highest BCUT2D eigenvalue weighted by atomic mass is 19.1. The Labute approximate surface area is 107 Å². The van der Waals surface area contributed by atoms with Crippen LogP contribution in [0.3, 0.4) is 0 Å². The molecule has 0 spiro atoms. The summed E-state index contributed by atoms with van der Waals surface area (Å²) in [4.78, 5) is 0. The molecular formula is C16H18FN. The number of hydrogen-bond donors (Lipinski definition) is 1. The van der Waals surface area contributed by atoms with Crippen molar-refractivity contribution in [1.29, 1.82) is 0 Å². The van der Waals surface area contributed by atoms with E-state index in [0.717, 1.165) is 16.7 Å². The predicted octanol–water partition coefficient (Wildman–Crippen LogP) is 4.31. The third-order valence-electron chi connectivity index (χ3n) is 3.63. The Hall–Kier alpha value is -1.83. The highest BCUT2D eigenvalue weighted by Gasteiger charge is 2.14. The quantitative estimate of drug-likeness (QED) is 0.742. The minimum absolute atomic E-state index is 0.258. The SMILES string of the molecule is Cc1cc(C)c(C)c(-c2ccc(N)cc2F)c1C. The van der Waals surface area contributed by atoms with Gasteiger partial charge in [-0.2, -0.15) is 0 Å². The van der Waals surface area contributed by atoms with Gasteiger partial charge in [0.25, 0.3) is 0 Å². The molecule has 0 heterocycles. The van der Waals surface area contributed by atoms with Gasteiger partial charge in [-0.05, 0) is 73.7 Å². The lowest BCUT2D eigenvalue weighted by Crippen LogP contribution is -1.98. The summed E-state index contributed by atoms with van der Waals surface area (Å²) in [7, 11) is 0. The molecule has 2 aromatic rings. The second-order valence-electron chi connectivity index (χ2n) is 4.87. The third-order valence-corrected chi connectivity index (χ3v) is 3.63. The van der Waals surface area contributed by atoms with E-state index in [-0.39, 0.29) is 5.82 Å². The van der Waals surface area contributed by atoms with Crippen molar-refractivity contribution in [3.63, 3.8) is 0 Å². The lowest BCUT2D eigenvalue weighted by Gasteiger charge is -2.16. The standard InChI is InChI=1S/C16H18FN/c1-9-7-10(2)12(4)16(11(9)3)14-6-5-13(18)8-15(14)17/h5-8H,18H2,1-4H3. The van der Waals surface area contributed by atoms with Gasteiger partial charge in [-0.3, -0.25) is 0 Å². The summed E-state index contributed by atoms with van der Waals surface area (Å²) < 4.78 is 14.1. The van der Waals surface area contributed by atoms with E-state index < -0.39 is 0 Å². The monoisotopic (exact) mass is 243 g/mol. The first-order valence-electron chi connectivity index (χ1n) is 6.04. The maximum Gasteiger partial charge on any atom is 0.133 e. The molecule has 94 valence electrons. The summed E-state index contributed by atoms with van der Waals surface area (Å²) in [6.45, 7) is 8.18. The second kappa shape index (κ2) is 4.45. The first-order chi connectivity index (χ1) is 8.41. The molecule has 0 aromatic heterocycles. The molecule has 0 fully saturated rings. The molecule has 0 aliphatic rings. The smallest absolute Gasteiger partial charge is 0.133 e. The van der Waals surface area contributed by atoms with Gasteiger partial charge in [-0.15, -0.1) is 0 Å². The van der Waals surface area contributed by atoms with Crippen LogP contribution in [0.2, 0.25) is 0 Å². The molecule has 0 amide bonds. The van der Waals surface area contributed by atoms with Crippen molar-refractivity contribution in [2.45, 2.75) is 27.7 Å². The summed E-state index contributed by atoms with van der Waals surface area (Å²) in [6, 6.07) is 7.03. The molecule has 0 bridgehead atoms. The average Bonchev–Trinajstić information content (AvgIpc) is 2.29. The third kappa shape index (κ3) is 1.99. The molecule has 2 heteroatoms. The lowest BCUT2D eigenvalue weighted by molar-refractivity contribution is 0.631. The first kappa shape index (κ1) is 12.6. The van der Waals surface area contributed by atoms with Crippen LogP contribution in [0, 0.1) is 33.5 Å². The Kier molecular flexibility index (Phi) is 3.12. The average molecular weight is 243 g/mol. The molecule has 0 aliphatic heterocycles. The summed E-state index contributed by atoms with van der Waals surface area (Å²) in [5.41, 5.74) is 12.3. The summed E-state index contributed by atoms with van der Waals surface area (Å²) >= 11 is 0. The van der Waals surface area contributed by atoms with Gasteiger partial charge in [-0.1, -0.05) is 6.07 Å². The molecule has 2 aromatic carbocycles. The molecule has 0 aliphatic carbocycles. The number of benzene rings is 2. The number of hydrogen-bond acceptors (Lipinski definition) is 1. The summed E-state index contributed by atoms with van der Waals surface area (Å²) in [5, 5.41) is 0. The van der Waals surface area contributed by atoms with E-state index in [0.29, 0.717) is 11.3 Å². The van der Waals surface area contributed by atoms with Crippen molar-refractivity contribution >= 4 is 5.69 Å².